The van der Waals surface area contributed by atoms with E-state index in [9.17, 15) is 0 Å². The van der Waals surface area contributed by atoms with Crippen LogP contribution in [0.15, 0.2) is 30.5 Å². The van der Waals surface area contributed by atoms with Crippen LogP contribution < -0.4 is 10.2 Å². The van der Waals surface area contributed by atoms with Gasteiger partial charge in [0.2, 0.25) is 5.95 Å². The van der Waals surface area contributed by atoms with Gasteiger partial charge in [-0.1, -0.05) is 29.8 Å². The summed E-state index contributed by atoms with van der Waals surface area (Å²) < 4.78 is 1.80. The monoisotopic (exact) mass is 392 g/mol. The molecule has 26 heavy (non-hydrogen) atoms. The van der Waals surface area contributed by atoms with Crippen LogP contribution in [0.1, 0.15) is 24.8 Å². The van der Waals surface area contributed by atoms with Crippen LogP contribution in [-0.2, 0) is 13.6 Å². The number of hydrogen-bond acceptors (Lipinski definition) is 5. The Morgan fingerprint density at radius 1 is 1.12 bits per heavy atom. The van der Waals surface area contributed by atoms with Crippen molar-refractivity contribution in [2.45, 2.75) is 25.8 Å². The second-order valence-electron chi connectivity index (χ2n) is 6.37. The van der Waals surface area contributed by atoms with E-state index >= 15 is 0 Å². The van der Waals surface area contributed by atoms with Gasteiger partial charge in [0, 0.05) is 31.7 Å². The minimum absolute atomic E-state index is 0. The Morgan fingerprint density at radius 3 is 2.65 bits per heavy atom. The van der Waals surface area contributed by atoms with Gasteiger partial charge in [0.15, 0.2) is 5.65 Å². The Labute approximate surface area is 164 Å². The zero-order chi connectivity index (χ0) is 17.2. The lowest BCUT2D eigenvalue weighted by Gasteiger charge is -2.27. The van der Waals surface area contributed by atoms with Crippen LogP contribution in [0.25, 0.3) is 11.0 Å². The van der Waals surface area contributed by atoms with Gasteiger partial charge in [-0.05, 0) is 30.9 Å². The molecule has 1 fully saturated rings. The van der Waals surface area contributed by atoms with E-state index in [2.05, 4.69) is 15.3 Å². The first kappa shape index (κ1) is 18.7. The first-order valence-corrected chi connectivity index (χ1v) is 9.02. The third-order valence-corrected chi connectivity index (χ3v) is 4.99. The highest BCUT2D eigenvalue weighted by molar-refractivity contribution is 6.31. The molecule has 1 aliphatic heterocycles. The van der Waals surface area contributed by atoms with Crippen molar-refractivity contribution in [3.8, 4) is 0 Å². The van der Waals surface area contributed by atoms with Crippen LogP contribution in [0.5, 0.6) is 0 Å². The third-order valence-electron chi connectivity index (χ3n) is 4.62. The lowest BCUT2D eigenvalue weighted by atomic mass is 10.1. The number of rotatable bonds is 4. The smallest absolute Gasteiger partial charge is 0.229 e. The van der Waals surface area contributed by atoms with Crippen molar-refractivity contribution in [2.24, 2.45) is 7.05 Å². The minimum Gasteiger partial charge on any atom is -0.365 e. The molecule has 1 saturated heterocycles. The van der Waals surface area contributed by atoms with E-state index < -0.39 is 0 Å². The minimum atomic E-state index is 0. The number of aryl methyl sites for hydroxylation is 1. The van der Waals surface area contributed by atoms with E-state index in [0.29, 0.717) is 6.54 Å². The number of halogens is 2. The molecule has 138 valence electrons. The molecule has 1 aliphatic rings. The molecule has 0 bridgehead atoms. The Hall–Kier alpha value is -2.05. The van der Waals surface area contributed by atoms with Gasteiger partial charge in [-0.25, -0.2) is 0 Å². The lowest BCUT2D eigenvalue weighted by molar-refractivity contribution is 0.568. The van der Waals surface area contributed by atoms with Crippen molar-refractivity contribution in [1.82, 2.24) is 19.7 Å². The summed E-state index contributed by atoms with van der Waals surface area (Å²) in [5, 5.41) is 9.45. The fourth-order valence-electron chi connectivity index (χ4n) is 3.20. The molecule has 0 spiro atoms. The van der Waals surface area contributed by atoms with Gasteiger partial charge in [-0.2, -0.15) is 15.1 Å². The molecule has 4 rings (SSSR count). The van der Waals surface area contributed by atoms with Crippen molar-refractivity contribution < 1.29 is 0 Å². The van der Waals surface area contributed by atoms with Gasteiger partial charge in [-0.15, -0.1) is 12.4 Å². The third kappa shape index (κ3) is 3.71. The van der Waals surface area contributed by atoms with Crippen LogP contribution in [0.3, 0.4) is 0 Å². The second-order valence-corrected chi connectivity index (χ2v) is 6.78. The molecular weight excluding hydrogens is 371 g/mol. The number of anilines is 2. The molecule has 1 aromatic carbocycles. The summed E-state index contributed by atoms with van der Waals surface area (Å²) in [4.78, 5) is 11.8. The molecule has 0 unspecified atom stereocenters. The molecule has 0 aliphatic carbocycles. The average Bonchev–Trinajstić information content (AvgIpc) is 3.03. The van der Waals surface area contributed by atoms with Gasteiger partial charge in [0.05, 0.1) is 11.6 Å². The molecule has 6 nitrogen and oxygen atoms in total. The maximum absolute atomic E-state index is 6.27. The quantitative estimate of drug-likeness (QED) is 0.725. The van der Waals surface area contributed by atoms with E-state index in [1.165, 1.54) is 19.3 Å². The first-order chi connectivity index (χ1) is 12.2. The number of nitrogens with one attached hydrogen (secondary N) is 1. The zero-order valence-corrected chi connectivity index (χ0v) is 16.2. The van der Waals surface area contributed by atoms with Crippen LogP contribution in [0, 0.1) is 0 Å². The standard InChI is InChI=1S/C18H21ClN6.ClH/c1-24-17-14(12-21-24)16(20-11-13-7-3-4-8-15(13)19)22-18(23-17)25-9-5-2-6-10-25;/h3-4,7-8,12H,2,5-6,9-11H2,1H3,(H,20,22,23);1H. The van der Waals surface area contributed by atoms with E-state index in [-0.39, 0.29) is 12.4 Å². The Morgan fingerprint density at radius 2 is 1.88 bits per heavy atom. The number of benzene rings is 1. The summed E-state index contributed by atoms with van der Waals surface area (Å²) >= 11 is 6.27. The number of piperidine rings is 1. The Kier molecular flexibility index (Phi) is 5.84. The summed E-state index contributed by atoms with van der Waals surface area (Å²) in [7, 11) is 1.91. The lowest BCUT2D eigenvalue weighted by Crippen LogP contribution is -2.31. The summed E-state index contributed by atoms with van der Waals surface area (Å²) in [6, 6.07) is 7.84. The zero-order valence-electron chi connectivity index (χ0n) is 14.7. The van der Waals surface area contributed by atoms with Crippen LogP contribution in [0.4, 0.5) is 11.8 Å². The first-order valence-electron chi connectivity index (χ1n) is 8.64. The molecule has 3 aromatic rings. The Bertz CT molecular complexity index is 889. The molecule has 2 aromatic heterocycles. The summed E-state index contributed by atoms with van der Waals surface area (Å²) in [5.74, 6) is 1.58. The van der Waals surface area contributed by atoms with E-state index in [1.807, 2.05) is 37.5 Å². The highest BCUT2D eigenvalue weighted by Crippen LogP contribution is 2.26. The molecule has 0 radical (unpaired) electrons. The van der Waals surface area contributed by atoms with E-state index in [4.69, 9.17) is 21.6 Å². The maximum Gasteiger partial charge on any atom is 0.229 e. The second kappa shape index (κ2) is 8.10. The highest BCUT2D eigenvalue weighted by Gasteiger charge is 2.18. The van der Waals surface area contributed by atoms with Gasteiger partial charge in [0.1, 0.15) is 5.82 Å². The molecule has 8 heteroatoms. The summed E-state index contributed by atoms with van der Waals surface area (Å²) in [6.07, 6.45) is 5.47. The molecule has 0 amide bonds. The van der Waals surface area contributed by atoms with Crippen molar-refractivity contribution in [3.63, 3.8) is 0 Å². The molecule has 0 saturated carbocycles. The van der Waals surface area contributed by atoms with Gasteiger partial charge < -0.3 is 10.2 Å². The topological polar surface area (TPSA) is 58.9 Å². The van der Waals surface area contributed by atoms with Crippen molar-refractivity contribution in [1.29, 1.82) is 0 Å². The normalized spacial score (nSPS) is 14.3. The molecular formula is C18H22Cl2N6. The van der Waals surface area contributed by atoms with E-state index in [1.54, 1.807) is 4.68 Å². The SMILES string of the molecule is Cl.Cn1ncc2c(NCc3ccccc3Cl)nc(N3CCCCC3)nc21. The largest absolute Gasteiger partial charge is 0.365 e. The number of hydrogen-bond donors (Lipinski definition) is 1. The summed E-state index contributed by atoms with van der Waals surface area (Å²) in [5.41, 5.74) is 1.89. The molecule has 0 atom stereocenters. The van der Waals surface area contributed by atoms with E-state index in [0.717, 1.165) is 46.5 Å². The predicted molar refractivity (Wildman–Crippen MR) is 108 cm³/mol. The maximum atomic E-state index is 6.27. The Balaban J connectivity index is 0.00000196. The fourth-order valence-corrected chi connectivity index (χ4v) is 3.40. The predicted octanol–water partition coefficient (Wildman–Crippen LogP) is 4.04. The number of fused-ring (bicyclic) bond motifs is 1. The van der Waals surface area contributed by atoms with Gasteiger partial charge >= 0.3 is 0 Å². The van der Waals surface area contributed by atoms with Crippen LogP contribution in [0.2, 0.25) is 5.02 Å². The average molecular weight is 393 g/mol. The highest BCUT2D eigenvalue weighted by atomic mass is 35.5. The summed E-state index contributed by atoms with van der Waals surface area (Å²) in [6.45, 7) is 2.63. The van der Waals surface area contributed by atoms with Crippen molar-refractivity contribution >= 4 is 46.8 Å². The van der Waals surface area contributed by atoms with Gasteiger partial charge in [0.25, 0.3) is 0 Å². The van der Waals surface area contributed by atoms with Crippen molar-refractivity contribution in [3.05, 3.63) is 41.0 Å². The fraction of sp³-hybridized carbons (Fsp3) is 0.389. The molecule has 1 N–H and O–H groups in total. The van der Waals surface area contributed by atoms with Crippen molar-refractivity contribution in [2.75, 3.05) is 23.3 Å². The van der Waals surface area contributed by atoms with Gasteiger partial charge in [-0.3, -0.25) is 4.68 Å². The van der Waals surface area contributed by atoms with Crippen LogP contribution >= 0.6 is 24.0 Å². The van der Waals surface area contributed by atoms with Crippen LogP contribution in [-0.4, -0.2) is 32.8 Å². The molecule has 3 heterocycles. The number of aromatic nitrogens is 4. The number of nitrogens with zero attached hydrogens (tertiary/aromatic N) is 5.